The van der Waals surface area contributed by atoms with Gasteiger partial charge in [-0.2, -0.15) is 0 Å². The zero-order valence-electron chi connectivity index (χ0n) is 6.63. The third-order valence-electron chi connectivity index (χ3n) is 1.41. The molecule has 1 rings (SSSR count). The summed E-state index contributed by atoms with van der Waals surface area (Å²) in [5.41, 5.74) is 4.51. The SMILES string of the molecule is NC(=O)/C=C/c1c(F)cccc1F. The number of amides is 1. The number of carbonyl (C=O) groups is 1. The maximum absolute atomic E-state index is 12.9. The Morgan fingerprint density at radius 2 is 1.85 bits per heavy atom. The summed E-state index contributed by atoms with van der Waals surface area (Å²) in [4.78, 5) is 10.3. The van der Waals surface area contributed by atoms with Crippen molar-refractivity contribution in [3.63, 3.8) is 0 Å². The molecule has 0 fully saturated rings. The molecule has 0 unspecified atom stereocenters. The second-order valence-corrected chi connectivity index (χ2v) is 2.37. The van der Waals surface area contributed by atoms with E-state index in [0.29, 0.717) is 0 Å². The van der Waals surface area contributed by atoms with Crippen molar-refractivity contribution in [2.75, 3.05) is 0 Å². The van der Waals surface area contributed by atoms with Gasteiger partial charge < -0.3 is 5.73 Å². The molecule has 2 N–H and O–H groups in total. The molecule has 0 atom stereocenters. The monoisotopic (exact) mass is 183 g/mol. The van der Waals surface area contributed by atoms with E-state index in [1.165, 1.54) is 6.07 Å². The first-order valence-corrected chi connectivity index (χ1v) is 3.53. The number of rotatable bonds is 2. The largest absolute Gasteiger partial charge is 0.366 e. The first-order chi connectivity index (χ1) is 6.11. The molecule has 0 saturated heterocycles. The highest BCUT2D eigenvalue weighted by Gasteiger charge is 2.03. The lowest BCUT2D eigenvalue weighted by Gasteiger charge is -1.96. The van der Waals surface area contributed by atoms with Gasteiger partial charge in [-0.25, -0.2) is 8.78 Å². The molecule has 0 bridgehead atoms. The van der Waals surface area contributed by atoms with Gasteiger partial charge in [0, 0.05) is 11.6 Å². The molecule has 0 radical (unpaired) electrons. The fourth-order valence-corrected chi connectivity index (χ4v) is 0.835. The Morgan fingerprint density at radius 3 is 2.31 bits per heavy atom. The lowest BCUT2D eigenvalue weighted by Crippen LogP contribution is -2.05. The Hall–Kier alpha value is -1.71. The smallest absolute Gasteiger partial charge is 0.241 e. The van der Waals surface area contributed by atoms with Gasteiger partial charge in [0.15, 0.2) is 0 Å². The zero-order chi connectivity index (χ0) is 9.84. The van der Waals surface area contributed by atoms with Crippen LogP contribution in [-0.4, -0.2) is 5.91 Å². The Bertz CT molecular complexity index is 340. The number of hydrogen-bond donors (Lipinski definition) is 1. The van der Waals surface area contributed by atoms with Crippen LogP contribution in [-0.2, 0) is 4.79 Å². The molecular formula is C9H7F2NO. The summed E-state index contributed by atoms with van der Waals surface area (Å²) < 4.78 is 25.7. The molecule has 0 aromatic heterocycles. The predicted octanol–water partition coefficient (Wildman–Crippen LogP) is 1.46. The van der Waals surface area contributed by atoms with E-state index in [2.05, 4.69) is 0 Å². The van der Waals surface area contributed by atoms with E-state index in [9.17, 15) is 13.6 Å². The highest BCUT2D eigenvalue weighted by Crippen LogP contribution is 2.13. The van der Waals surface area contributed by atoms with Crippen LogP contribution in [0.5, 0.6) is 0 Å². The first-order valence-electron chi connectivity index (χ1n) is 3.53. The van der Waals surface area contributed by atoms with Gasteiger partial charge in [0.05, 0.1) is 0 Å². The van der Waals surface area contributed by atoms with Crippen molar-refractivity contribution in [2.24, 2.45) is 5.73 Å². The highest BCUT2D eigenvalue weighted by molar-refractivity contribution is 5.90. The average Bonchev–Trinajstić information content (AvgIpc) is 2.03. The van der Waals surface area contributed by atoms with Gasteiger partial charge in [0.1, 0.15) is 11.6 Å². The van der Waals surface area contributed by atoms with Crippen LogP contribution < -0.4 is 5.73 Å². The lowest BCUT2D eigenvalue weighted by atomic mass is 10.2. The third-order valence-corrected chi connectivity index (χ3v) is 1.41. The summed E-state index contributed by atoms with van der Waals surface area (Å²) in [6.07, 6.45) is 1.91. The number of nitrogens with two attached hydrogens (primary N) is 1. The van der Waals surface area contributed by atoms with E-state index < -0.39 is 17.5 Å². The van der Waals surface area contributed by atoms with Crippen molar-refractivity contribution in [1.29, 1.82) is 0 Å². The minimum Gasteiger partial charge on any atom is -0.366 e. The number of carbonyl (C=O) groups excluding carboxylic acids is 1. The van der Waals surface area contributed by atoms with E-state index in [4.69, 9.17) is 5.73 Å². The molecule has 0 heterocycles. The summed E-state index contributed by atoms with van der Waals surface area (Å²) in [5, 5.41) is 0. The van der Waals surface area contributed by atoms with Gasteiger partial charge in [-0.3, -0.25) is 4.79 Å². The first kappa shape index (κ1) is 9.38. The van der Waals surface area contributed by atoms with Gasteiger partial charge in [0.2, 0.25) is 5.91 Å². The average molecular weight is 183 g/mol. The molecule has 1 aromatic carbocycles. The molecule has 0 spiro atoms. The molecule has 0 aliphatic rings. The number of benzene rings is 1. The maximum Gasteiger partial charge on any atom is 0.241 e. The molecule has 1 aromatic rings. The van der Waals surface area contributed by atoms with Gasteiger partial charge in [-0.1, -0.05) is 6.07 Å². The summed E-state index contributed by atoms with van der Waals surface area (Å²) in [5.74, 6) is -2.20. The van der Waals surface area contributed by atoms with Crippen LogP contribution >= 0.6 is 0 Å². The second kappa shape index (κ2) is 3.80. The Labute approximate surface area is 73.7 Å². The number of hydrogen-bond acceptors (Lipinski definition) is 1. The Morgan fingerprint density at radius 1 is 1.31 bits per heavy atom. The van der Waals surface area contributed by atoms with Crippen LogP contribution in [0.25, 0.3) is 6.08 Å². The van der Waals surface area contributed by atoms with Gasteiger partial charge in [-0.05, 0) is 18.2 Å². The summed E-state index contributed by atoms with van der Waals surface area (Å²) in [6.45, 7) is 0. The van der Waals surface area contributed by atoms with Gasteiger partial charge in [-0.15, -0.1) is 0 Å². The standard InChI is InChI=1S/C9H7F2NO/c10-7-2-1-3-8(11)6(7)4-5-9(12)13/h1-5H,(H2,12,13)/b5-4+. The van der Waals surface area contributed by atoms with Gasteiger partial charge >= 0.3 is 0 Å². The molecule has 2 nitrogen and oxygen atoms in total. The quantitative estimate of drug-likeness (QED) is 0.693. The van der Waals surface area contributed by atoms with E-state index in [1.54, 1.807) is 0 Å². The van der Waals surface area contributed by atoms with Crippen molar-refractivity contribution in [1.82, 2.24) is 0 Å². The highest BCUT2D eigenvalue weighted by atomic mass is 19.1. The van der Waals surface area contributed by atoms with E-state index in [0.717, 1.165) is 24.3 Å². The van der Waals surface area contributed by atoms with Crippen molar-refractivity contribution >= 4 is 12.0 Å². The molecular weight excluding hydrogens is 176 g/mol. The normalized spacial score (nSPS) is 10.6. The summed E-state index contributed by atoms with van der Waals surface area (Å²) in [7, 11) is 0. The minimum atomic E-state index is -0.748. The lowest BCUT2D eigenvalue weighted by molar-refractivity contribution is -0.113. The molecule has 0 saturated carbocycles. The molecule has 0 aliphatic carbocycles. The minimum absolute atomic E-state index is 0.263. The summed E-state index contributed by atoms with van der Waals surface area (Å²) in [6, 6.07) is 3.44. The van der Waals surface area contributed by atoms with Crippen molar-refractivity contribution in [3.8, 4) is 0 Å². The number of halogens is 2. The fraction of sp³-hybridized carbons (Fsp3) is 0. The number of primary amides is 1. The fourth-order valence-electron chi connectivity index (χ4n) is 0.835. The second-order valence-electron chi connectivity index (χ2n) is 2.37. The van der Waals surface area contributed by atoms with E-state index >= 15 is 0 Å². The van der Waals surface area contributed by atoms with E-state index in [1.807, 2.05) is 0 Å². The van der Waals surface area contributed by atoms with Crippen molar-refractivity contribution in [3.05, 3.63) is 41.5 Å². The molecule has 68 valence electrons. The Balaban J connectivity index is 3.06. The van der Waals surface area contributed by atoms with Crippen LogP contribution in [0.1, 0.15) is 5.56 Å². The van der Waals surface area contributed by atoms with Crippen LogP contribution in [0.4, 0.5) is 8.78 Å². The van der Waals surface area contributed by atoms with Crippen LogP contribution in [0, 0.1) is 11.6 Å². The molecule has 13 heavy (non-hydrogen) atoms. The van der Waals surface area contributed by atoms with Crippen molar-refractivity contribution < 1.29 is 13.6 Å². The topological polar surface area (TPSA) is 43.1 Å². The molecule has 1 amide bonds. The molecule has 0 aliphatic heterocycles. The zero-order valence-corrected chi connectivity index (χ0v) is 6.63. The van der Waals surface area contributed by atoms with E-state index in [-0.39, 0.29) is 5.56 Å². The van der Waals surface area contributed by atoms with Crippen molar-refractivity contribution in [2.45, 2.75) is 0 Å². The Kier molecular flexibility index (Phi) is 2.74. The third kappa shape index (κ3) is 2.37. The van der Waals surface area contributed by atoms with Crippen LogP contribution in [0.2, 0.25) is 0 Å². The van der Waals surface area contributed by atoms with Gasteiger partial charge in [0.25, 0.3) is 0 Å². The maximum atomic E-state index is 12.9. The molecule has 4 heteroatoms. The predicted molar refractivity (Wildman–Crippen MR) is 44.6 cm³/mol. The van der Waals surface area contributed by atoms with Crippen LogP contribution in [0.3, 0.4) is 0 Å². The van der Waals surface area contributed by atoms with Crippen LogP contribution in [0.15, 0.2) is 24.3 Å². The summed E-state index contributed by atoms with van der Waals surface area (Å²) >= 11 is 0.